The van der Waals surface area contributed by atoms with E-state index in [0.717, 1.165) is 13.2 Å². The third-order valence-corrected chi connectivity index (χ3v) is 3.64. The lowest BCUT2D eigenvalue weighted by Crippen LogP contribution is -2.25. The number of amides is 1. The summed E-state index contributed by atoms with van der Waals surface area (Å²) in [4.78, 5) is 32.2. The Labute approximate surface area is 162 Å². The maximum absolute atomic E-state index is 11.8. The second-order valence-electron chi connectivity index (χ2n) is 5.11. The van der Waals surface area contributed by atoms with Crippen LogP contribution >= 0.6 is 11.6 Å². The lowest BCUT2D eigenvalue weighted by Gasteiger charge is -2.10. The monoisotopic (exact) mass is 408 g/mol. The van der Waals surface area contributed by atoms with Gasteiger partial charge in [0.2, 0.25) is 5.75 Å². The number of benzene rings is 2. The summed E-state index contributed by atoms with van der Waals surface area (Å²) in [6.07, 6.45) is 1.31. The van der Waals surface area contributed by atoms with Crippen molar-refractivity contribution in [3.8, 4) is 11.5 Å². The van der Waals surface area contributed by atoms with Gasteiger partial charge in [0.15, 0.2) is 12.4 Å². The number of hydrazone groups is 1. The van der Waals surface area contributed by atoms with E-state index in [1.807, 2.05) is 0 Å². The Morgan fingerprint density at radius 1 is 1.25 bits per heavy atom. The summed E-state index contributed by atoms with van der Waals surface area (Å²) in [5.74, 6) is -1.39. The van der Waals surface area contributed by atoms with E-state index in [9.17, 15) is 25.0 Å². The van der Waals surface area contributed by atoms with Crippen LogP contribution in [-0.4, -0.2) is 35.7 Å². The third-order valence-electron chi connectivity index (χ3n) is 3.29. The van der Waals surface area contributed by atoms with E-state index < -0.39 is 39.5 Å². The SMILES string of the molecule is COc1cc([N+](=O)[O-])cc([N+](=O)[O-])c1OCC(=O)N/N=C/c1ccccc1Cl. The van der Waals surface area contributed by atoms with Crippen molar-refractivity contribution in [3.05, 3.63) is 67.2 Å². The molecule has 0 heterocycles. The number of carbonyl (C=O) groups excluding carboxylic acids is 1. The summed E-state index contributed by atoms with van der Waals surface area (Å²) < 4.78 is 10.0. The second-order valence-corrected chi connectivity index (χ2v) is 5.52. The van der Waals surface area contributed by atoms with Gasteiger partial charge in [0.1, 0.15) is 0 Å². The Kier molecular flexibility index (Phi) is 6.82. The molecule has 11 nitrogen and oxygen atoms in total. The fraction of sp³-hybridized carbons (Fsp3) is 0.125. The van der Waals surface area contributed by atoms with Crippen molar-refractivity contribution < 1.29 is 24.1 Å². The average Bonchev–Trinajstić information content (AvgIpc) is 2.66. The maximum Gasteiger partial charge on any atom is 0.321 e. The minimum Gasteiger partial charge on any atom is -0.492 e. The highest BCUT2D eigenvalue weighted by Crippen LogP contribution is 2.40. The molecule has 0 aromatic heterocycles. The van der Waals surface area contributed by atoms with Crippen LogP contribution in [0, 0.1) is 20.2 Å². The number of rotatable bonds is 8. The first-order chi connectivity index (χ1) is 13.3. The van der Waals surface area contributed by atoms with Crippen LogP contribution < -0.4 is 14.9 Å². The Morgan fingerprint density at radius 2 is 1.96 bits per heavy atom. The number of carbonyl (C=O) groups is 1. The molecule has 0 atom stereocenters. The Morgan fingerprint density at radius 3 is 2.57 bits per heavy atom. The molecule has 0 unspecified atom stereocenters. The third kappa shape index (κ3) is 5.14. The normalized spacial score (nSPS) is 10.5. The van der Waals surface area contributed by atoms with Crippen molar-refractivity contribution in [3.63, 3.8) is 0 Å². The van der Waals surface area contributed by atoms with Crippen molar-refractivity contribution in [1.82, 2.24) is 5.43 Å². The molecule has 0 saturated carbocycles. The van der Waals surface area contributed by atoms with Gasteiger partial charge in [-0.25, -0.2) is 5.43 Å². The van der Waals surface area contributed by atoms with Gasteiger partial charge in [0, 0.05) is 10.6 Å². The largest absolute Gasteiger partial charge is 0.492 e. The van der Waals surface area contributed by atoms with Crippen molar-refractivity contribution >= 4 is 35.1 Å². The van der Waals surface area contributed by atoms with E-state index in [4.69, 9.17) is 21.1 Å². The number of hydrogen-bond donors (Lipinski definition) is 1. The molecule has 0 aliphatic rings. The number of halogens is 1. The van der Waals surface area contributed by atoms with Crippen LogP contribution in [0.25, 0.3) is 0 Å². The quantitative estimate of drug-likeness (QED) is 0.401. The zero-order valence-electron chi connectivity index (χ0n) is 14.3. The fourth-order valence-corrected chi connectivity index (χ4v) is 2.22. The van der Waals surface area contributed by atoms with Crippen LogP contribution in [-0.2, 0) is 4.79 Å². The molecule has 2 aromatic rings. The molecular formula is C16H13ClN4O7. The molecule has 1 amide bonds. The summed E-state index contributed by atoms with van der Waals surface area (Å²) in [6, 6.07) is 8.46. The molecule has 2 aromatic carbocycles. The maximum atomic E-state index is 11.8. The molecule has 2 rings (SSSR count). The van der Waals surface area contributed by atoms with Gasteiger partial charge < -0.3 is 9.47 Å². The molecule has 12 heteroatoms. The van der Waals surface area contributed by atoms with Crippen molar-refractivity contribution in [2.45, 2.75) is 0 Å². The van der Waals surface area contributed by atoms with Crippen molar-refractivity contribution in [2.24, 2.45) is 5.10 Å². The van der Waals surface area contributed by atoms with Crippen LogP contribution in [0.3, 0.4) is 0 Å². The van der Waals surface area contributed by atoms with Gasteiger partial charge in [-0.1, -0.05) is 29.8 Å². The van der Waals surface area contributed by atoms with Gasteiger partial charge in [-0.15, -0.1) is 0 Å². The smallest absolute Gasteiger partial charge is 0.321 e. The van der Waals surface area contributed by atoms with E-state index in [0.29, 0.717) is 16.7 Å². The predicted octanol–water partition coefficient (Wildman–Crippen LogP) is 2.69. The molecule has 0 bridgehead atoms. The Balaban J connectivity index is 2.10. The Bertz CT molecular complexity index is 949. The first-order valence-electron chi connectivity index (χ1n) is 7.53. The van der Waals surface area contributed by atoms with E-state index in [2.05, 4.69) is 10.5 Å². The van der Waals surface area contributed by atoms with Gasteiger partial charge in [0.25, 0.3) is 11.6 Å². The van der Waals surface area contributed by atoms with Crippen LogP contribution in [0.1, 0.15) is 5.56 Å². The molecule has 0 saturated heterocycles. The second kappa shape index (κ2) is 9.28. The molecule has 0 fully saturated rings. The number of hydrogen-bond acceptors (Lipinski definition) is 8. The van der Waals surface area contributed by atoms with Gasteiger partial charge >= 0.3 is 5.69 Å². The first kappa shape index (κ1) is 20.6. The summed E-state index contributed by atoms with van der Waals surface area (Å²) in [5.41, 5.74) is 1.48. The number of nitro benzene ring substituents is 2. The van der Waals surface area contributed by atoms with Crippen LogP contribution in [0.2, 0.25) is 5.02 Å². The van der Waals surface area contributed by atoms with Gasteiger partial charge in [0.05, 0.1) is 35.3 Å². The molecular weight excluding hydrogens is 396 g/mol. The lowest BCUT2D eigenvalue weighted by atomic mass is 10.2. The minimum atomic E-state index is -0.877. The van der Waals surface area contributed by atoms with Crippen molar-refractivity contribution in [1.29, 1.82) is 0 Å². The van der Waals surface area contributed by atoms with Crippen LogP contribution in [0.4, 0.5) is 11.4 Å². The molecule has 0 radical (unpaired) electrons. The topological polar surface area (TPSA) is 146 Å². The van der Waals surface area contributed by atoms with Gasteiger partial charge in [-0.3, -0.25) is 25.0 Å². The number of methoxy groups -OCH3 is 1. The number of nitro groups is 2. The highest BCUT2D eigenvalue weighted by atomic mass is 35.5. The van der Waals surface area contributed by atoms with Crippen LogP contribution in [0.15, 0.2) is 41.5 Å². The molecule has 1 N–H and O–H groups in total. The fourth-order valence-electron chi connectivity index (χ4n) is 2.03. The van der Waals surface area contributed by atoms with Gasteiger partial charge in [-0.05, 0) is 6.07 Å². The highest BCUT2D eigenvalue weighted by Gasteiger charge is 2.27. The summed E-state index contributed by atoms with van der Waals surface area (Å²) in [7, 11) is 1.16. The van der Waals surface area contributed by atoms with Crippen molar-refractivity contribution in [2.75, 3.05) is 13.7 Å². The molecule has 0 aliphatic carbocycles. The van der Waals surface area contributed by atoms with E-state index >= 15 is 0 Å². The number of ether oxygens (including phenoxy) is 2. The standard InChI is InChI=1S/C16H13ClN4O7/c1-27-14-7-11(20(23)24)6-13(21(25)26)16(14)28-9-15(22)19-18-8-10-4-2-3-5-12(10)17/h2-8H,9H2,1H3,(H,19,22)/b18-8+. The average molecular weight is 409 g/mol. The van der Waals surface area contributed by atoms with Crippen LogP contribution in [0.5, 0.6) is 11.5 Å². The van der Waals surface area contributed by atoms with E-state index in [1.165, 1.54) is 6.21 Å². The summed E-state index contributed by atoms with van der Waals surface area (Å²) in [5, 5.41) is 26.2. The van der Waals surface area contributed by atoms with Gasteiger partial charge in [-0.2, -0.15) is 5.10 Å². The molecule has 0 spiro atoms. The summed E-state index contributed by atoms with van der Waals surface area (Å²) in [6.45, 7) is -0.644. The molecule has 146 valence electrons. The van der Waals surface area contributed by atoms with E-state index in [-0.39, 0.29) is 5.75 Å². The predicted molar refractivity (Wildman–Crippen MR) is 99.0 cm³/mol. The molecule has 0 aliphatic heterocycles. The lowest BCUT2D eigenvalue weighted by molar-refractivity contribution is -0.394. The molecule has 28 heavy (non-hydrogen) atoms. The number of nitrogens with one attached hydrogen (secondary N) is 1. The zero-order valence-corrected chi connectivity index (χ0v) is 15.1. The number of non-ortho nitro benzene ring substituents is 1. The minimum absolute atomic E-state index is 0.256. The highest BCUT2D eigenvalue weighted by molar-refractivity contribution is 6.33. The summed E-state index contributed by atoms with van der Waals surface area (Å²) >= 11 is 5.94. The Hall–Kier alpha value is -3.73. The number of nitrogens with zero attached hydrogens (tertiary/aromatic N) is 3. The first-order valence-corrected chi connectivity index (χ1v) is 7.91. The van der Waals surface area contributed by atoms with E-state index in [1.54, 1.807) is 24.3 Å². The zero-order chi connectivity index (χ0) is 20.7.